The van der Waals surface area contributed by atoms with Crippen molar-refractivity contribution >= 4 is 11.6 Å². The van der Waals surface area contributed by atoms with E-state index in [9.17, 15) is 5.11 Å². The Kier molecular flexibility index (Phi) is 4.23. The second-order valence-electron chi connectivity index (χ2n) is 3.98. The van der Waals surface area contributed by atoms with Gasteiger partial charge in [0.25, 0.3) is 0 Å². The Morgan fingerprint density at radius 3 is 2.94 bits per heavy atom. The zero-order valence-electron chi connectivity index (χ0n) is 10.1. The number of aromatic nitrogens is 2. The number of nitrogens with zero attached hydrogens (tertiary/aromatic N) is 2. The van der Waals surface area contributed by atoms with Crippen LogP contribution in [0.4, 0.5) is 0 Å². The van der Waals surface area contributed by atoms with Gasteiger partial charge >= 0.3 is 0 Å². The first-order valence-electron chi connectivity index (χ1n) is 5.74. The van der Waals surface area contributed by atoms with E-state index in [1.54, 1.807) is 36.0 Å². The number of halogens is 1. The number of aliphatic hydroxyl groups is 1. The lowest BCUT2D eigenvalue weighted by molar-refractivity contribution is 0.199. The van der Waals surface area contributed by atoms with E-state index in [-0.39, 0.29) is 0 Å². The molecule has 0 bridgehead atoms. The molecule has 18 heavy (non-hydrogen) atoms. The lowest BCUT2D eigenvalue weighted by Gasteiger charge is -2.10. The van der Waals surface area contributed by atoms with Crippen LogP contribution in [-0.4, -0.2) is 21.5 Å². The van der Waals surface area contributed by atoms with Crippen molar-refractivity contribution < 1.29 is 9.84 Å². The third-order valence-electron chi connectivity index (χ3n) is 2.58. The van der Waals surface area contributed by atoms with Crippen LogP contribution in [0.15, 0.2) is 36.7 Å². The fraction of sp³-hybridized carbons (Fsp3) is 0.308. The van der Waals surface area contributed by atoms with E-state index in [0.29, 0.717) is 23.9 Å². The molecule has 0 amide bonds. The van der Waals surface area contributed by atoms with Gasteiger partial charge in [0.1, 0.15) is 12.4 Å². The molecule has 5 heteroatoms. The van der Waals surface area contributed by atoms with Crippen LogP contribution in [-0.2, 0) is 6.54 Å². The predicted octanol–water partition coefficient (Wildman–Crippen LogP) is 2.67. The second-order valence-corrected chi connectivity index (χ2v) is 4.39. The highest BCUT2D eigenvalue weighted by Crippen LogP contribution is 2.27. The van der Waals surface area contributed by atoms with Gasteiger partial charge in [0.05, 0.1) is 17.7 Å². The molecule has 2 aromatic rings. The van der Waals surface area contributed by atoms with Crippen molar-refractivity contribution in [3.63, 3.8) is 0 Å². The zero-order chi connectivity index (χ0) is 13.0. The fourth-order valence-electron chi connectivity index (χ4n) is 1.58. The molecule has 0 fully saturated rings. The number of hydrogen-bond acceptors (Lipinski definition) is 3. The smallest absolute Gasteiger partial charge is 0.138 e. The van der Waals surface area contributed by atoms with Crippen LogP contribution in [0.2, 0.25) is 5.02 Å². The monoisotopic (exact) mass is 266 g/mol. The SMILES string of the molecule is C[C@@H](O)c1ccc(OCCn2cccn2)c(Cl)c1. The molecule has 0 unspecified atom stereocenters. The molecule has 96 valence electrons. The fourth-order valence-corrected chi connectivity index (χ4v) is 1.82. The molecule has 2 rings (SSSR count). The van der Waals surface area contributed by atoms with Crippen LogP contribution in [0.1, 0.15) is 18.6 Å². The summed E-state index contributed by atoms with van der Waals surface area (Å²) in [6, 6.07) is 7.16. The average molecular weight is 267 g/mol. The molecular weight excluding hydrogens is 252 g/mol. The number of ether oxygens (including phenoxy) is 1. The van der Waals surface area contributed by atoms with Gasteiger partial charge in [-0.25, -0.2) is 0 Å². The number of aliphatic hydroxyl groups excluding tert-OH is 1. The van der Waals surface area contributed by atoms with Gasteiger partial charge in [-0.2, -0.15) is 5.10 Å². The Morgan fingerprint density at radius 2 is 2.33 bits per heavy atom. The van der Waals surface area contributed by atoms with E-state index in [0.717, 1.165) is 5.56 Å². The van der Waals surface area contributed by atoms with Crippen LogP contribution in [0, 0.1) is 0 Å². The first-order valence-corrected chi connectivity index (χ1v) is 6.12. The van der Waals surface area contributed by atoms with Gasteiger partial charge in [0, 0.05) is 12.4 Å². The van der Waals surface area contributed by atoms with E-state index in [4.69, 9.17) is 16.3 Å². The largest absolute Gasteiger partial charge is 0.490 e. The summed E-state index contributed by atoms with van der Waals surface area (Å²) < 4.78 is 7.36. The molecule has 1 aromatic carbocycles. The highest BCUT2D eigenvalue weighted by atomic mass is 35.5. The van der Waals surface area contributed by atoms with E-state index in [2.05, 4.69) is 5.10 Å². The first-order chi connectivity index (χ1) is 8.66. The van der Waals surface area contributed by atoms with Gasteiger partial charge in [0.2, 0.25) is 0 Å². The van der Waals surface area contributed by atoms with Crippen LogP contribution >= 0.6 is 11.6 Å². The third kappa shape index (κ3) is 3.24. The summed E-state index contributed by atoms with van der Waals surface area (Å²) in [4.78, 5) is 0. The van der Waals surface area contributed by atoms with E-state index >= 15 is 0 Å². The standard InChI is InChI=1S/C13H15ClN2O2/c1-10(17)11-3-4-13(12(14)9-11)18-8-7-16-6-2-5-15-16/h2-6,9-10,17H,7-8H2,1H3/t10-/m1/s1. The molecule has 0 radical (unpaired) electrons. The normalized spacial score (nSPS) is 12.4. The molecule has 0 aliphatic heterocycles. The lowest BCUT2D eigenvalue weighted by Crippen LogP contribution is -2.08. The molecule has 0 saturated carbocycles. The minimum Gasteiger partial charge on any atom is -0.490 e. The Morgan fingerprint density at radius 1 is 1.50 bits per heavy atom. The van der Waals surface area contributed by atoms with Crippen molar-refractivity contribution in [2.24, 2.45) is 0 Å². The van der Waals surface area contributed by atoms with Crippen LogP contribution < -0.4 is 4.74 Å². The van der Waals surface area contributed by atoms with Crippen molar-refractivity contribution in [1.29, 1.82) is 0 Å². The molecule has 0 saturated heterocycles. The Balaban J connectivity index is 1.93. The summed E-state index contributed by atoms with van der Waals surface area (Å²) >= 11 is 6.08. The minimum absolute atomic E-state index is 0.495. The molecule has 1 N–H and O–H groups in total. The minimum atomic E-state index is -0.527. The lowest BCUT2D eigenvalue weighted by atomic mass is 10.1. The third-order valence-corrected chi connectivity index (χ3v) is 2.87. The van der Waals surface area contributed by atoms with Crippen LogP contribution in [0.5, 0.6) is 5.75 Å². The topological polar surface area (TPSA) is 47.3 Å². The maximum Gasteiger partial charge on any atom is 0.138 e. The highest BCUT2D eigenvalue weighted by Gasteiger charge is 2.06. The van der Waals surface area contributed by atoms with Crippen molar-refractivity contribution in [2.45, 2.75) is 19.6 Å². The maximum absolute atomic E-state index is 9.43. The quantitative estimate of drug-likeness (QED) is 0.905. The first kappa shape index (κ1) is 12.9. The van der Waals surface area contributed by atoms with Gasteiger partial charge in [-0.3, -0.25) is 4.68 Å². The molecular formula is C13H15ClN2O2. The van der Waals surface area contributed by atoms with Crippen molar-refractivity contribution in [3.05, 3.63) is 47.2 Å². The van der Waals surface area contributed by atoms with Gasteiger partial charge < -0.3 is 9.84 Å². The second kappa shape index (κ2) is 5.89. The van der Waals surface area contributed by atoms with Crippen molar-refractivity contribution in [2.75, 3.05) is 6.61 Å². The van der Waals surface area contributed by atoms with E-state index in [1.807, 2.05) is 12.3 Å². The molecule has 1 heterocycles. The van der Waals surface area contributed by atoms with Gasteiger partial charge in [-0.1, -0.05) is 17.7 Å². The summed E-state index contributed by atoms with van der Waals surface area (Å²) in [5.74, 6) is 0.619. The summed E-state index contributed by atoms with van der Waals surface area (Å²) in [7, 11) is 0. The molecule has 1 aromatic heterocycles. The summed E-state index contributed by atoms with van der Waals surface area (Å²) in [6.07, 6.45) is 3.08. The number of hydrogen-bond donors (Lipinski definition) is 1. The van der Waals surface area contributed by atoms with Gasteiger partial charge in [-0.15, -0.1) is 0 Å². The summed E-state index contributed by atoms with van der Waals surface area (Å²) in [5.41, 5.74) is 0.777. The molecule has 0 spiro atoms. The van der Waals surface area contributed by atoms with E-state index in [1.165, 1.54) is 0 Å². The molecule has 0 aliphatic carbocycles. The molecule has 0 aliphatic rings. The summed E-state index contributed by atoms with van der Waals surface area (Å²) in [6.45, 7) is 2.86. The Hall–Kier alpha value is -1.52. The summed E-state index contributed by atoms with van der Waals surface area (Å²) in [5, 5.41) is 14.0. The maximum atomic E-state index is 9.43. The zero-order valence-corrected chi connectivity index (χ0v) is 10.8. The number of rotatable bonds is 5. The average Bonchev–Trinajstić information content (AvgIpc) is 2.84. The Labute approximate surface area is 111 Å². The number of benzene rings is 1. The van der Waals surface area contributed by atoms with Crippen molar-refractivity contribution in [1.82, 2.24) is 9.78 Å². The molecule has 4 nitrogen and oxygen atoms in total. The van der Waals surface area contributed by atoms with Gasteiger partial charge in [0.15, 0.2) is 0 Å². The van der Waals surface area contributed by atoms with Gasteiger partial charge in [-0.05, 0) is 30.7 Å². The van der Waals surface area contributed by atoms with E-state index < -0.39 is 6.10 Å². The van der Waals surface area contributed by atoms with Crippen LogP contribution in [0.25, 0.3) is 0 Å². The Bertz CT molecular complexity index is 498. The van der Waals surface area contributed by atoms with Crippen molar-refractivity contribution in [3.8, 4) is 5.75 Å². The predicted molar refractivity (Wildman–Crippen MR) is 69.8 cm³/mol. The van der Waals surface area contributed by atoms with Crippen LogP contribution in [0.3, 0.4) is 0 Å². The molecule has 1 atom stereocenters. The highest BCUT2D eigenvalue weighted by molar-refractivity contribution is 6.32.